The van der Waals surface area contributed by atoms with E-state index in [9.17, 15) is 10.0 Å². The van der Waals surface area contributed by atoms with Gasteiger partial charge in [-0.05, 0) is 75.6 Å². The molecule has 0 saturated carbocycles. The number of fused-ring (bicyclic) bond motifs is 9. The lowest BCUT2D eigenvalue weighted by molar-refractivity contribution is 0.426. The molecule has 56 heavy (non-hydrogen) atoms. The lowest BCUT2D eigenvalue weighted by Crippen LogP contribution is -2.29. The highest BCUT2D eigenvalue weighted by Gasteiger charge is 2.17. The molecule has 0 aliphatic heterocycles. The monoisotopic (exact) mass is 904 g/mol. The van der Waals surface area contributed by atoms with Gasteiger partial charge in [0.15, 0.2) is 0 Å². The lowest BCUT2D eigenvalue weighted by atomic mass is 9.80. The van der Waals surface area contributed by atoms with Crippen molar-refractivity contribution in [3.05, 3.63) is 185 Å². The van der Waals surface area contributed by atoms with Gasteiger partial charge < -0.3 is 10.0 Å². The molecule has 2 N–H and O–H groups in total. The first kappa shape index (κ1) is 37.0. The van der Waals surface area contributed by atoms with Crippen molar-refractivity contribution >= 4 is 139 Å². The van der Waals surface area contributed by atoms with Crippen LogP contribution in [-0.2, 0) is 0 Å². The fourth-order valence-corrected chi connectivity index (χ4v) is 12.1. The van der Waals surface area contributed by atoms with Crippen LogP contribution in [0.5, 0.6) is 0 Å². The van der Waals surface area contributed by atoms with Gasteiger partial charge in [-0.1, -0.05) is 165 Å². The maximum Gasteiger partial charge on any atom is 0.489 e. The number of hydrogen-bond donors (Lipinski definition) is 2. The molecule has 11 aromatic rings. The molecule has 0 fully saturated rings. The third-order valence-electron chi connectivity index (χ3n) is 9.79. The minimum atomic E-state index is -1.41. The lowest BCUT2D eigenvalue weighted by Gasteiger charge is -2.08. The second-order valence-electron chi connectivity index (χ2n) is 13.3. The first-order valence-electron chi connectivity index (χ1n) is 18.0. The summed E-state index contributed by atoms with van der Waals surface area (Å²) in [6.07, 6.45) is 0. The zero-order valence-electron chi connectivity index (χ0n) is 29.7. The first-order chi connectivity index (χ1) is 27.4. The summed E-state index contributed by atoms with van der Waals surface area (Å²) in [4.78, 5) is 0. The Morgan fingerprint density at radius 1 is 0.357 bits per heavy atom. The van der Waals surface area contributed by atoms with Gasteiger partial charge in [-0.25, -0.2) is 0 Å². The van der Waals surface area contributed by atoms with Crippen LogP contribution in [-0.4, -0.2) is 17.2 Å². The Morgan fingerprint density at radius 3 is 1.18 bits per heavy atom. The van der Waals surface area contributed by atoms with E-state index in [1.807, 2.05) is 77.3 Å². The number of hydrogen-bond acceptors (Lipinski definition) is 5. The summed E-state index contributed by atoms with van der Waals surface area (Å²) in [5.41, 5.74) is 5.76. The van der Waals surface area contributed by atoms with E-state index in [0.29, 0.717) is 5.46 Å². The van der Waals surface area contributed by atoms with Crippen LogP contribution >= 0.6 is 65.9 Å². The van der Waals surface area contributed by atoms with Crippen molar-refractivity contribution in [2.45, 2.75) is 0 Å². The van der Waals surface area contributed by atoms with Gasteiger partial charge in [0.05, 0.1) is 0 Å². The van der Waals surface area contributed by atoms with Gasteiger partial charge in [0.25, 0.3) is 0 Å². The average Bonchev–Trinajstić information content (AvgIpc) is 3.93. The summed E-state index contributed by atoms with van der Waals surface area (Å²) in [7, 11) is -1.41. The number of benzene rings is 8. The zero-order chi connectivity index (χ0) is 38.2. The number of rotatable bonds is 3. The SMILES string of the molecule is Brc1cccc(Br)c1.OB(O)c1cccc2c1sc1ccccc12.c1cc(-c2cccc3c2sc2ccccc23)cc(-c2cccc3c2sc2ccccc23)c1. The Bertz CT molecular complexity index is 3040. The summed E-state index contributed by atoms with van der Waals surface area (Å²) in [6.45, 7) is 0. The van der Waals surface area contributed by atoms with Crippen LogP contribution in [0.25, 0.3) is 82.8 Å². The van der Waals surface area contributed by atoms with Crippen molar-refractivity contribution in [3.63, 3.8) is 0 Å². The molecular weight excluding hydrogens is 875 g/mol. The van der Waals surface area contributed by atoms with E-state index in [1.165, 1.54) is 72.7 Å². The van der Waals surface area contributed by atoms with Crippen LogP contribution in [0.2, 0.25) is 0 Å². The molecule has 0 aliphatic rings. The van der Waals surface area contributed by atoms with Gasteiger partial charge >= 0.3 is 7.12 Å². The van der Waals surface area contributed by atoms with E-state index in [0.717, 1.165) is 19.0 Å². The molecule has 270 valence electrons. The van der Waals surface area contributed by atoms with Crippen molar-refractivity contribution in [2.24, 2.45) is 0 Å². The molecule has 2 nitrogen and oxygen atoms in total. The first-order valence-corrected chi connectivity index (χ1v) is 22.1. The summed E-state index contributed by atoms with van der Waals surface area (Å²) in [5, 5.41) is 26.3. The van der Waals surface area contributed by atoms with Crippen LogP contribution in [0, 0.1) is 0 Å². The topological polar surface area (TPSA) is 40.5 Å². The quantitative estimate of drug-likeness (QED) is 0.173. The molecule has 0 radical (unpaired) electrons. The summed E-state index contributed by atoms with van der Waals surface area (Å²) in [6, 6.07) is 61.6. The fourth-order valence-electron chi connectivity index (χ4n) is 7.24. The predicted molar refractivity (Wildman–Crippen MR) is 254 cm³/mol. The molecule has 0 unspecified atom stereocenters. The van der Waals surface area contributed by atoms with Gasteiger partial charge in [-0.2, -0.15) is 0 Å². The highest BCUT2D eigenvalue weighted by atomic mass is 79.9. The summed E-state index contributed by atoms with van der Waals surface area (Å²) >= 11 is 12.0. The maximum absolute atomic E-state index is 9.31. The fraction of sp³-hybridized carbons (Fsp3) is 0. The van der Waals surface area contributed by atoms with Crippen LogP contribution in [0.3, 0.4) is 0 Å². The summed E-state index contributed by atoms with van der Waals surface area (Å²) < 4.78 is 9.77. The van der Waals surface area contributed by atoms with Crippen molar-refractivity contribution in [1.82, 2.24) is 0 Å². The van der Waals surface area contributed by atoms with Gasteiger partial charge in [-0.3, -0.25) is 0 Å². The molecule has 8 heteroatoms. The van der Waals surface area contributed by atoms with E-state index < -0.39 is 7.12 Å². The van der Waals surface area contributed by atoms with Crippen molar-refractivity contribution < 1.29 is 10.0 Å². The van der Waals surface area contributed by atoms with Gasteiger partial charge in [0.2, 0.25) is 0 Å². The minimum Gasteiger partial charge on any atom is -0.423 e. The van der Waals surface area contributed by atoms with Crippen LogP contribution in [0.15, 0.2) is 185 Å². The van der Waals surface area contributed by atoms with Gasteiger partial charge in [0.1, 0.15) is 0 Å². The molecular formula is C48H31BBr2O2S3. The molecule has 0 bridgehead atoms. The van der Waals surface area contributed by atoms with Crippen molar-refractivity contribution in [3.8, 4) is 22.3 Å². The standard InChI is InChI=1S/C30H18S2.C12H9BO2S.C6H4Br2/c1-3-16-27-23(10-1)25-14-6-12-21(29(25)31-27)19-8-5-9-20(18-19)22-13-7-15-26-24-11-2-4-17-28(24)32-30(22)26;14-13(15)10-6-3-5-9-8-4-1-2-7-11(8)16-12(9)10;7-5-2-1-3-6(8)4-5/h1-18H;1-7,14-15H;1-4H. The van der Waals surface area contributed by atoms with E-state index in [4.69, 9.17) is 0 Å². The van der Waals surface area contributed by atoms with Gasteiger partial charge in [-0.15, -0.1) is 34.0 Å². The molecule has 11 rings (SSSR count). The van der Waals surface area contributed by atoms with Gasteiger partial charge in [0, 0.05) is 64.1 Å². The third-order valence-corrected chi connectivity index (χ3v) is 14.5. The zero-order valence-corrected chi connectivity index (χ0v) is 35.3. The van der Waals surface area contributed by atoms with Crippen LogP contribution < -0.4 is 5.46 Å². The van der Waals surface area contributed by atoms with Crippen LogP contribution in [0.1, 0.15) is 0 Å². The maximum atomic E-state index is 9.31. The second kappa shape index (κ2) is 16.1. The molecule has 0 saturated heterocycles. The van der Waals surface area contributed by atoms with E-state index in [-0.39, 0.29) is 0 Å². The predicted octanol–water partition coefficient (Wildman–Crippen LogP) is 14.7. The highest BCUT2D eigenvalue weighted by Crippen LogP contribution is 2.43. The Morgan fingerprint density at radius 2 is 0.732 bits per heavy atom. The Hall–Kier alpha value is -4.64. The summed E-state index contributed by atoms with van der Waals surface area (Å²) in [5.74, 6) is 0. The number of thiophene rings is 3. The average molecular weight is 907 g/mol. The molecule has 3 aromatic heterocycles. The molecule has 0 atom stereocenters. The van der Waals surface area contributed by atoms with Crippen molar-refractivity contribution in [1.29, 1.82) is 0 Å². The normalized spacial score (nSPS) is 11.2. The minimum absolute atomic E-state index is 0.582. The Kier molecular flexibility index (Phi) is 10.6. The van der Waals surface area contributed by atoms with E-state index in [1.54, 1.807) is 17.4 Å². The van der Waals surface area contributed by atoms with Crippen molar-refractivity contribution in [2.75, 3.05) is 0 Å². The molecule has 0 amide bonds. The Labute approximate surface area is 353 Å². The second-order valence-corrected chi connectivity index (χ2v) is 18.3. The van der Waals surface area contributed by atoms with E-state index >= 15 is 0 Å². The van der Waals surface area contributed by atoms with Crippen LogP contribution in [0.4, 0.5) is 0 Å². The van der Waals surface area contributed by atoms with E-state index in [2.05, 4.69) is 147 Å². The number of halogens is 2. The Balaban J connectivity index is 0.000000141. The molecule has 0 aliphatic carbocycles. The molecule has 0 spiro atoms. The molecule has 3 heterocycles. The largest absolute Gasteiger partial charge is 0.489 e. The highest BCUT2D eigenvalue weighted by molar-refractivity contribution is 9.11. The third kappa shape index (κ3) is 7.23. The molecule has 8 aromatic carbocycles. The smallest absolute Gasteiger partial charge is 0.423 e.